The minimum Gasteiger partial charge on any atom is -0.373 e. The van der Waals surface area contributed by atoms with Crippen molar-refractivity contribution in [3.05, 3.63) is 18.3 Å². The molecule has 0 aromatic carbocycles. The Morgan fingerprint density at radius 2 is 2.19 bits per heavy atom. The highest BCUT2D eigenvalue weighted by Gasteiger charge is 2.20. The molecule has 1 saturated carbocycles. The van der Waals surface area contributed by atoms with Crippen LogP contribution >= 0.6 is 0 Å². The second-order valence-electron chi connectivity index (χ2n) is 5.95. The van der Waals surface area contributed by atoms with Crippen LogP contribution < -0.4 is 10.0 Å². The lowest BCUT2D eigenvalue weighted by atomic mass is 9.81. The predicted octanol–water partition coefficient (Wildman–Crippen LogP) is 2.62. The zero-order chi connectivity index (χ0) is 15.3. The van der Waals surface area contributed by atoms with Crippen molar-refractivity contribution in [3.8, 4) is 0 Å². The van der Waals surface area contributed by atoms with E-state index in [-0.39, 0.29) is 4.90 Å². The van der Waals surface area contributed by atoms with E-state index in [1.54, 1.807) is 13.1 Å². The SMILES string of the molecule is CNc1cc(S(=O)(=O)NCCC2CCCC(C)C2)ccn1. The average Bonchev–Trinajstić information content (AvgIpc) is 2.47. The second-order valence-corrected chi connectivity index (χ2v) is 7.72. The van der Waals surface area contributed by atoms with Gasteiger partial charge in [-0.2, -0.15) is 0 Å². The van der Waals surface area contributed by atoms with E-state index in [9.17, 15) is 8.42 Å². The molecule has 1 fully saturated rings. The Balaban J connectivity index is 1.89. The number of hydrogen-bond donors (Lipinski definition) is 2. The van der Waals surface area contributed by atoms with Crippen molar-refractivity contribution in [2.45, 2.75) is 43.9 Å². The molecule has 2 N–H and O–H groups in total. The minimum atomic E-state index is -3.44. The van der Waals surface area contributed by atoms with Crippen molar-refractivity contribution in [3.63, 3.8) is 0 Å². The summed E-state index contributed by atoms with van der Waals surface area (Å²) < 4.78 is 27.2. The highest BCUT2D eigenvalue weighted by molar-refractivity contribution is 7.89. The van der Waals surface area contributed by atoms with Gasteiger partial charge in [0.15, 0.2) is 0 Å². The molecule has 6 heteroatoms. The summed E-state index contributed by atoms with van der Waals surface area (Å²) in [6.07, 6.45) is 7.46. The normalized spacial score (nSPS) is 23.0. The molecule has 1 aromatic heterocycles. The molecule has 2 atom stereocenters. The van der Waals surface area contributed by atoms with Crippen LogP contribution in [-0.4, -0.2) is 27.0 Å². The summed E-state index contributed by atoms with van der Waals surface area (Å²) in [6.45, 7) is 2.80. The van der Waals surface area contributed by atoms with E-state index in [1.165, 1.54) is 37.9 Å². The Bertz CT molecular complexity index is 560. The lowest BCUT2D eigenvalue weighted by molar-refractivity contribution is 0.271. The molecular formula is C15H25N3O2S. The molecule has 0 amide bonds. The van der Waals surface area contributed by atoms with Gasteiger partial charge in [0.1, 0.15) is 5.82 Å². The molecule has 0 saturated heterocycles. The monoisotopic (exact) mass is 311 g/mol. The van der Waals surface area contributed by atoms with E-state index in [2.05, 4.69) is 21.9 Å². The summed E-state index contributed by atoms with van der Waals surface area (Å²) >= 11 is 0. The highest BCUT2D eigenvalue weighted by atomic mass is 32.2. The van der Waals surface area contributed by atoms with Crippen LogP contribution in [0.15, 0.2) is 23.2 Å². The molecule has 1 aliphatic rings. The third-order valence-electron chi connectivity index (χ3n) is 4.19. The van der Waals surface area contributed by atoms with Gasteiger partial charge in [0, 0.05) is 25.9 Å². The van der Waals surface area contributed by atoms with Crippen LogP contribution in [0.4, 0.5) is 5.82 Å². The smallest absolute Gasteiger partial charge is 0.240 e. The quantitative estimate of drug-likeness (QED) is 0.847. The summed E-state index contributed by atoms with van der Waals surface area (Å²) in [5.74, 6) is 1.99. The third-order valence-corrected chi connectivity index (χ3v) is 5.65. The fourth-order valence-electron chi connectivity index (χ4n) is 3.02. The first-order valence-corrected chi connectivity index (χ1v) is 9.13. The number of hydrogen-bond acceptors (Lipinski definition) is 4. The number of nitrogens with one attached hydrogen (secondary N) is 2. The lowest BCUT2D eigenvalue weighted by Crippen LogP contribution is -2.27. The van der Waals surface area contributed by atoms with Crippen LogP contribution in [0.3, 0.4) is 0 Å². The third kappa shape index (κ3) is 4.68. The molecule has 2 unspecified atom stereocenters. The average molecular weight is 311 g/mol. The van der Waals surface area contributed by atoms with Gasteiger partial charge < -0.3 is 5.32 Å². The number of nitrogens with zero attached hydrogens (tertiary/aromatic N) is 1. The van der Waals surface area contributed by atoms with Crippen molar-refractivity contribution >= 4 is 15.8 Å². The minimum absolute atomic E-state index is 0.263. The Labute approximate surface area is 127 Å². The number of rotatable bonds is 6. The van der Waals surface area contributed by atoms with Gasteiger partial charge >= 0.3 is 0 Å². The molecule has 1 heterocycles. The van der Waals surface area contributed by atoms with Gasteiger partial charge in [0.25, 0.3) is 0 Å². The van der Waals surface area contributed by atoms with Gasteiger partial charge in [0.2, 0.25) is 10.0 Å². The molecule has 1 aromatic rings. The molecule has 0 bridgehead atoms. The van der Waals surface area contributed by atoms with Crippen molar-refractivity contribution < 1.29 is 8.42 Å². The number of pyridine rings is 1. The molecule has 0 radical (unpaired) electrons. The van der Waals surface area contributed by atoms with Gasteiger partial charge in [-0.05, 0) is 30.7 Å². The van der Waals surface area contributed by atoms with Gasteiger partial charge in [-0.3, -0.25) is 0 Å². The van der Waals surface area contributed by atoms with Crippen LogP contribution in [0.25, 0.3) is 0 Å². The number of anilines is 1. The first-order chi connectivity index (χ1) is 10.0. The van der Waals surface area contributed by atoms with Gasteiger partial charge in [-0.25, -0.2) is 18.1 Å². The molecular weight excluding hydrogens is 286 g/mol. The topological polar surface area (TPSA) is 71.1 Å². The van der Waals surface area contributed by atoms with E-state index < -0.39 is 10.0 Å². The van der Waals surface area contributed by atoms with Crippen molar-refractivity contribution in [1.29, 1.82) is 0 Å². The fraction of sp³-hybridized carbons (Fsp3) is 0.667. The molecule has 21 heavy (non-hydrogen) atoms. The maximum atomic E-state index is 12.2. The van der Waals surface area contributed by atoms with E-state index in [4.69, 9.17) is 0 Å². The molecule has 0 spiro atoms. The molecule has 2 rings (SSSR count). The van der Waals surface area contributed by atoms with Crippen molar-refractivity contribution in [1.82, 2.24) is 9.71 Å². The molecule has 1 aliphatic carbocycles. The van der Waals surface area contributed by atoms with Crippen LogP contribution in [0.2, 0.25) is 0 Å². The summed E-state index contributed by atoms with van der Waals surface area (Å²) in [5, 5.41) is 2.85. The van der Waals surface area contributed by atoms with E-state index in [1.807, 2.05) is 0 Å². The number of aromatic nitrogens is 1. The van der Waals surface area contributed by atoms with Gasteiger partial charge in [-0.1, -0.05) is 26.2 Å². The maximum Gasteiger partial charge on any atom is 0.240 e. The number of sulfonamides is 1. The second kappa shape index (κ2) is 7.22. The highest BCUT2D eigenvalue weighted by Crippen LogP contribution is 2.30. The first-order valence-electron chi connectivity index (χ1n) is 7.64. The van der Waals surface area contributed by atoms with E-state index >= 15 is 0 Å². The van der Waals surface area contributed by atoms with Crippen molar-refractivity contribution in [2.75, 3.05) is 18.9 Å². The Kier molecular flexibility index (Phi) is 5.58. The van der Waals surface area contributed by atoms with Crippen LogP contribution in [0.5, 0.6) is 0 Å². The summed E-state index contributed by atoms with van der Waals surface area (Å²) in [4.78, 5) is 4.29. The Hall–Kier alpha value is -1.14. The van der Waals surface area contributed by atoms with Crippen LogP contribution in [-0.2, 0) is 10.0 Å². The predicted molar refractivity (Wildman–Crippen MR) is 84.7 cm³/mol. The van der Waals surface area contributed by atoms with Crippen LogP contribution in [0, 0.1) is 11.8 Å². The lowest BCUT2D eigenvalue weighted by Gasteiger charge is -2.26. The molecule has 0 aliphatic heterocycles. The summed E-state index contributed by atoms with van der Waals surface area (Å²) in [7, 11) is -1.72. The zero-order valence-electron chi connectivity index (χ0n) is 12.8. The van der Waals surface area contributed by atoms with Crippen LogP contribution in [0.1, 0.15) is 39.0 Å². The first kappa shape index (κ1) is 16.2. The largest absolute Gasteiger partial charge is 0.373 e. The molecule has 5 nitrogen and oxygen atoms in total. The maximum absolute atomic E-state index is 12.2. The van der Waals surface area contributed by atoms with E-state index in [0.29, 0.717) is 18.3 Å². The molecule has 118 valence electrons. The standard InChI is InChI=1S/C15H25N3O2S/c1-12-4-3-5-13(10-12)6-9-18-21(19,20)14-7-8-17-15(11-14)16-2/h7-8,11-13,18H,3-6,9-10H2,1-2H3,(H,16,17). The van der Waals surface area contributed by atoms with Crippen molar-refractivity contribution in [2.24, 2.45) is 11.8 Å². The summed E-state index contributed by atoms with van der Waals surface area (Å²) in [5.41, 5.74) is 0. The van der Waals surface area contributed by atoms with E-state index in [0.717, 1.165) is 12.3 Å². The zero-order valence-corrected chi connectivity index (χ0v) is 13.6. The Morgan fingerprint density at radius 1 is 1.38 bits per heavy atom. The Morgan fingerprint density at radius 3 is 2.90 bits per heavy atom. The fourth-order valence-corrected chi connectivity index (χ4v) is 4.08. The summed E-state index contributed by atoms with van der Waals surface area (Å²) in [6, 6.07) is 3.07. The van der Waals surface area contributed by atoms with Gasteiger partial charge in [-0.15, -0.1) is 0 Å². The van der Waals surface area contributed by atoms with Gasteiger partial charge in [0.05, 0.1) is 4.90 Å².